The van der Waals surface area contributed by atoms with Crippen molar-refractivity contribution in [3.63, 3.8) is 0 Å². The quantitative estimate of drug-likeness (QED) is 0.0810. The molecule has 696 valence electrons. The molecule has 0 bridgehead atoms. The summed E-state index contributed by atoms with van der Waals surface area (Å²) in [5.41, 5.74) is 34.7. The fraction of sp³-hybridized carbons (Fsp3) is 0.0221. The molecule has 3 aliphatic rings. The Kier molecular flexibility index (Phi) is 23.7. The molecule has 3 unspecified atom stereocenters. The Labute approximate surface area is 857 Å². The van der Waals surface area contributed by atoms with Gasteiger partial charge in [0.1, 0.15) is 5.82 Å². The zero-order chi connectivity index (χ0) is 98.7. The number of rotatable bonds is 18. The van der Waals surface area contributed by atoms with Crippen molar-refractivity contribution in [2.75, 3.05) is 0 Å². The van der Waals surface area contributed by atoms with Crippen molar-refractivity contribution in [2.24, 2.45) is 0 Å². The summed E-state index contributed by atoms with van der Waals surface area (Å²) in [4.78, 5) is 54.2. The number of aromatic nitrogens is 11. The van der Waals surface area contributed by atoms with Crippen LogP contribution < -0.4 is 0 Å². The summed E-state index contributed by atoms with van der Waals surface area (Å²) in [6, 6.07) is 184. The predicted molar refractivity (Wildman–Crippen MR) is 592 cm³/mol. The lowest BCUT2D eigenvalue weighted by molar-refractivity contribution is 0.625. The Hall–Kier alpha value is -19.6. The molecule has 27 rings (SSSR count). The molecule has 0 radical (unpaired) electrons. The lowest BCUT2D eigenvalue weighted by Gasteiger charge is -2.34. The van der Waals surface area contributed by atoms with E-state index in [1.54, 1.807) is 12.1 Å². The van der Waals surface area contributed by atoms with E-state index in [2.05, 4.69) is 309 Å². The second kappa shape index (κ2) is 39.0. The fourth-order valence-corrected chi connectivity index (χ4v) is 22.0. The summed E-state index contributed by atoms with van der Waals surface area (Å²) < 4.78 is 14.3. The van der Waals surface area contributed by atoms with Gasteiger partial charge in [-0.15, -0.1) is 0 Å². The normalized spacial score (nSPS) is 14.6. The molecular formula is C136H90FN11. The fourth-order valence-electron chi connectivity index (χ4n) is 22.0. The SMILES string of the molecule is Fc1ccc(C2(c3ccccc3)c3ccccc3-c3c(-c4ccc(-c5nc(-c6ccccc6)nc(-c6ccccc6)n5)cc4)cccc32)cc1.c1ccc(-c2nc(-c3ccccc3)nc(-c3ccc(-c4ccc5c(c4)C(c4ccccc4)(c4ccccn4)c4ccccc4-5)cc3)n2)cc1.c1ccc(-c2nc(-c3ccccc3)nc(-c3ccc(-c4cccc5c4-c4ccccc4C5(c4ccccc4)c4ccccn4)cc3)n2)cc1. The highest BCUT2D eigenvalue weighted by Gasteiger charge is 2.51. The van der Waals surface area contributed by atoms with Crippen LogP contribution in [0.2, 0.25) is 0 Å². The number of fused-ring (bicyclic) bond motifs is 9. The molecule has 0 spiro atoms. The topological polar surface area (TPSA) is 142 Å². The van der Waals surface area contributed by atoms with Gasteiger partial charge < -0.3 is 0 Å². The van der Waals surface area contributed by atoms with Gasteiger partial charge in [-0.3, -0.25) is 9.97 Å². The van der Waals surface area contributed by atoms with Gasteiger partial charge in [-0.25, -0.2) is 49.2 Å². The molecule has 0 saturated carbocycles. The minimum absolute atomic E-state index is 0.248. The number of benzene rings is 19. The Bertz CT molecular complexity index is 8610. The number of hydrogen-bond acceptors (Lipinski definition) is 11. The van der Waals surface area contributed by atoms with Crippen molar-refractivity contribution < 1.29 is 4.39 Å². The summed E-state index contributed by atoms with van der Waals surface area (Å²) in [7, 11) is 0. The second-order valence-corrected chi connectivity index (χ2v) is 37.0. The van der Waals surface area contributed by atoms with Gasteiger partial charge in [-0.05, 0) is 165 Å². The smallest absolute Gasteiger partial charge is 0.164 e. The minimum Gasteiger partial charge on any atom is -0.260 e. The maximum absolute atomic E-state index is 14.3. The number of nitrogens with zero attached hydrogens (tertiary/aromatic N) is 11. The van der Waals surface area contributed by atoms with Crippen molar-refractivity contribution in [3.05, 3.63) is 619 Å². The third kappa shape index (κ3) is 16.2. The van der Waals surface area contributed by atoms with Crippen LogP contribution in [0.5, 0.6) is 0 Å². The van der Waals surface area contributed by atoms with E-state index in [1.165, 1.54) is 83.5 Å². The van der Waals surface area contributed by atoms with Gasteiger partial charge in [-0.2, -0.15) is 0 Å². The Morgan fingerprint density at radius 2 is 0.372 bits per heavy atom. The van der Waals surface area contributed by atoms with E-state index in [9.17, 15) is 4.39 Å². The average Bonchev–Trinajstić information content (AvgIpc) is 1.54. The van der Waals surface area contributed by atoms with Gasteiger partial charge in [0.15, 0.2) is 52.4 Å². The van der Waals surface area contributed by atoms with Gasteiger partial charge in [0.05, 0.1) is 27.6 Å². The molecule has 0 N–H and O–H groups in total. The molecular weight excluding hydrogens is 1810 g/mol. The Balaban J connectivity index is 0.000000115. The number of hydrogen-bond donors (Lipinski definition) is 0. The van der Waals surface area contributed by atoms with Crippen molar-refractivity contribution in [2.45, 2.75) is 16.2 Å². The van der Waals surface area contributed by atoms with Crippen LogP contribution in [0.1, 0.15) is 67.0 Å². The van der Waals surface area contributed by atoms with E-state index in [0.29, 0.717) is 52.4 Å². The summed E-state index contributed by atoms with van der Waals surface area (Å²) in [5.74, 6) is 5.52. The first-order valence-corrected chi connectivity index (χ1v) is 49.7. The highest BCUT2D eigenvalue weighted by Crippen LogP contribution is 2.62. The first kappa shape index (κ1) is 89.8. The highest BCUT2D eigenvalue weighted by atomic mass is 19.1. The zero-order valence-electron chi connectivity index (χ0n) is 80.3. The summed E-state index contributed by atoms with van der Waals surface area (Å²) in [6.07, 6.45) is 3.80. The van der Waals surface area contributed by atoms with Gasteiger partial charge in [0.25, 0.3) is 0 Å². The van der Waals surface area contributed by atoms with Crippen molar-refractivity contribution in [3.8, 4) is 169 Å². The van der Waals surface area contributed by atoms with Crippen LogP contribution in [0.3, 0.4) is 0 Å². The molecule has 0 fully saturated rings. The van der Waals surface area contributed by atoms with E-state index >= 15 is 0 Å². The van der Waals surface area contributed by atoms with Crippen LogP contribution in [0.15, 0.2) is 546 Å². The van der Waals surface area contributed by atoms with E-state index in [-0.39, 0.29) is 5.82 Å². The lowest BCUT2D eigenvalue weighted by Crippen LogP contribution is -2.29. The van der Waals surface area contributed by atoms with Crippen LogP contribution in [-0.2, 0) is 16.2 Å². The maximum Gasteiger partial charge on any atom is 0.164 e. The van der Waals surface area contributed by atoms with Crippen LogP contribution in [-0.4, -0.2) is 54.8 Å². The molecule has 5 heterocycles. The first-order chi connectivity index (χ1) is 73.3. The Morgan fingerprint density at radius 1 is 0.142 bits per heavy atom. The number of halogens is 1. The standard InChI is InChI=1S/C46H30FN3.2C45H30N4/c47-37-29-27-36(28-30-37)46(35-17-8-3-9-18-35)40-21-11-10-19-39(40)42-38(20-12-22-41(42)46)31-23-25-34(26-24-31)45-49-43(32-13-4-1-5-14-32)48-44(50-45)33-15-6-2-7-16-33;1-4-15-32(16-5-1)42-47-43(33-17-6-2-7-18-33)49-44(48-42)34-28-26-31(27-29-34)36-22-14-24-39-41(36)37-21-10-11-23-38(37)45(39,35-19-8-3-9-20-35)40-25-12-13-30-46-40;1-4-14-32(15-5-1)42-47-43(33-16-6-2-7-17-33)49-44(48-42)34-25-23-31(24-26-34)35-27-28-38-37-20-10-11-21-39(37)45(40(38)30-35,36-18-8-3-9-19-36)41-22-12-13-29-46-41/h1-30H;2*1-30H. The molecule has 11 nitrogen and oxygen atoms in total. The third-order valence-corrected chi connectivity index (χ3v) is 28.7. The van der Waals surface area contributed by atoms with E-state index < -0.39 is 16.2 Å². The second-order valence-electron chi connectivity index (χ2n) is 37.0. The first-order valence-electron chi connectivity index (χ1n) is 49.7. The third-order valence-electron chi connectivity index (χ3n) is 28.7. The van der Waals surface area contributed by atoms with Crippen molar-refractivity contribution >= 4 is 0 Å². The molecule has 0 saturated heterocycles. The molecule has 3 atom stereocenters. The molecule has 5 aromatic heterocycles. The maximum atomic E-state index is 14.3. The summed E-state index contributed by atoms with van der Waals surface area (Å²) in [5, 5.41) is 0. The molecule has 24 aromatic rings. The molecule has 0 amide bonds. The van der Waals surface area contributed by atoms with Crippen molar-refractivity contribution in [1.29, 1.82) is 0 Å². The van der Waals surface area contributed by atoms with Gasteiger partial charge in [0, 0.05) is 62.5 Å². The monoisotopic (exact) mass is 1900 g/mol. The Morgan fingerprint density at radius 3 is 0.709 bits per heavy atom. The van der Waals surface area contributed by atoms with E-state index in [1.807, 2.05) is 225 Å². The average molecular weight is 1900 g/mol. The van der Waals surface area contributed by atoms with Crippen LogP contribution in [0.4, 0.5) is 4.39 Å². The molecule has 12 heteroatoms. The van der Waals surface area contributed by atoms with Crippen LogP contribution in [0.25, 0.3) is 169 Å². The molecule has 3 aliphatic carbocycles. The minimum atomic E-state index is -0.608. The van der Waals surface area contributed by atoms with E-state index in [4.69, 9.17) is 54.8 Å². The molecule has 0 aliphatic heterocycles. The van der Waals surface area contributed by atoms with Gasteiger partial charge in [0.2, 0.25) is 0 Å². The van der Waals surface area contributed by atoms with Gasteiger partial charge in [-0.1, -0.05) is 491 Å². The lowest BCUT2D eigenvalue weighted by atomic mass is 9.67. The van der Waals surface area contributed by atoms with Crippen molar-refractivity contribution in [1.82, 2.24) is 54.8 Å². The van der Waals surface area contributed by atoms with E-state index in [0.717, 1.165) is 100 Å². The largest absolute Gasteiger partial charge is 0.260 e. The van der Waals surface area contributed by atoms with Gasteiger partial charge >= 0.3 is 0 Å². The zero-order valence-corrected chi connectivity index (χ0v) is 80.3. The molecule has 148 heavy (non-hydrogen) atoms. The van der Waals surface area contributed by atoms with Crippen LogP contribution in [0, 0.1) is 5.82 Å². The van der Waals surface area contributed by atoms with Crippen LogP contribution >= 0.6 is 0 Å². The predicted octanol–water partition coefficient (Wildman–Crippen LogP) is 31.6. The number of pyridine rings is 2. The summed E-state index contributed by atoms with van der Waals surface area (Å²) in [6.45, 7) is 0. The highest BCUT2D eigenvalue weighted by molar-refractivity contribution is 5.98. The molecule has 19 aromatic carbocycles. The summed E-state index contributed by atoms with van der Waals surface area (Å²) >= 11 is 0.